The van der Waals surface area contributed by atoms with E-state index in [1.165, 1.54) is 13.2 Å². The lowest BCUT2D eigenvalue weighted by Crippen LogP contribution is -2.13. The van der Waals surface area contributed by atoms with Gasteiger partial charge in [-0.3, -0.25) is 9.59 Å². The van der Waals surface area contributed by atoms with Gasteiger partial charge in [-0.2, -0.15) is 0 Å². The molecule has 3 aromatic heterocycles. The number of aromatic nitrogens is 3. The van der Waals surface area contributed by atoms with Crippen molar-refractivity contribution in [1.82, 2.24) is 15.0 Å². The first-order valence-corrected chi connectivity index (χ1v) is 21.3. The molecule has 0 N–H and O–H groups in total. The molecule has 0 aliphatic carbocycles. The molecular formula is C51H47N3O11. The van der Waals surface area contributed by atoms with Gasteiger partial charge in [-0.05, 0) is 85.5 Å². The summed E-state index contributed by atoms with van der Waals surface area (Å²) < 4.78 is 48.2. The van der Waals surface area contributed by atoms with Crippen LogP contribution in [0.25, 0.3) is 44.6 Å². The van der Waals surface area contributed by atoms with Crippen molar-refractivity contribution >= 4 is 27.9 Å². The largest absolute Gasteiger partial charge is 0.493 e. The smallest absolute Gasteiger partial charge is 0.337 e. The van der Waals surface area contributed by atoms with Crippen LogP contribution in [0.1, 0.15) is 34.5 Å². The van der Waals surface area contributed by atoms with Crippen LogP contribution >= 0.6 is 0 Å². The first-order valence-electron chi connectivity index (χ1n) is 21.3. The summed E-state index contributed by atoms with van der Waals surface area (Å²) in [6.07, 6.45) is 4.40. The number of carbonyl (C=O) groups excluding carboxylic acids is 1. The molecule has 65 heavy (non-hydrogen) atoms. The third-order valence-corrected chi connectivity index (χ3v) is 10.4. The summed E-state index contributed by atoms with van der Waals surface area (Å²) in [4.78, 5) is 38.3. The standard InChI is InChI=1S/C51H47N3O11/c1-58-51(57)38-13-9-10-35(30-38)34-63-50-48(56)43-15-5-6-16-45(43)65-49(50)37-17-19-40(20-18-37)62-29-28-60-27-26-59-25-23-54-33-39(52-53-54)14-7-8-24-61-41-21-22-42-44(55)32-46(64-47(42)31-41)36-11-3-2-4-12-36/h2-6,9-13,15-22,30-33H,7-8,14,23-29,34H2,1H3. The van der Waals surface area contributed by atoms with Gasteiger partial charge in [0.2, 0.25) is 11.2 Å². The van der Waals surface area contributed by atoms with Crippen molar-refractivity contribution in [1.29, 1.82) is 0 Å². The number of nitrogens with zero attached hydrogens (tertiary/aromatic N) is 3. The zero-order valence-electron chi connectivity index (χ0n) is 35.8. The van der Waals surface area contributed by atoms with Crippen molar-refractivity contribution in [3.8, 4) is 39.9 Å². The van der Waals surface area contributed by atoms with Gasteiger partial charge in [0.25, 0.3) is 0 Å². The van der Waals surface area contributed by atoms with Gasteiger partial charge in [0.1, 0.15) is 41.6 Å². The van der Waals surface area contributed by atoms with E-state index < -0.39 is 5.97 Å². The van der Waals surface area contributed by atoms with Crippen LogP contribution in [0.5, 0.6) is 17.2 Å². The third kappa shape index (κ3) is 11.5. The molecule has 0 spiro atoms. The Balaban J connectivity index is 0.713. The molecule has 0 saturated carbocycles. The summed E-state index contributed by atoms with van der Waals surface area (Å²) in [7, 11) is 1.32. The summed E-state index contributed by atoms with van der Waals surface area (Å²) in [6.45, 7) is 3.12. The Kier molecular flexibility index (Phi) is 14.7. The van der Waals surface area contributed by atoms with E-state index >= 15 is 0 Å². The summed E-state index contributed by atoms with van der Waals surface area (Å²) in [6, 6.07) is 37.4. The highest BCUT2D eigenvalue weighted by molar-refractivity contribution is 5.89. The second-order valence-corrected chi connectivity index (χ2v) is 14.9. The van der Waals surface area contributed by atoms with Gasteiger partial charge in [-0.1, -0.05) is 59.8 Å². The van der Waals surface area contributed by atoms with Gasteiger partial charge in [-0.25, -0.2) is 9.48 Å². The van der Waals surface area contributed by atoms with Gasteiger partial charge in [0, 0.05) is 29.5 Å². The van der Waals surface area contributed by atoms with E-state index in [1.807, 2.05) is 36.5 Å². The Labute approximate surface area is 373 Å². The number of para-hydroxylation sites is 1. The Morgan fingerprint density at radius 1 is 0.646 bits per heavy atom. The highest BCUT2D eigenvalue weighted by atomic mass is 16.5. The highest BCUT2D eigenvalue weighted by Crippen LogP contribution is 2.33. The van der Waals surface area contributed by atoms with E-state index in [1.54, 1.807) is 95.7 Å². The quantitative estimate of drug-likeness (QED) is 0.0470. The minimum absolute atomic E-state index is 0.0341. The number of unbranched alkanes of at least 4 members (excludes halogenated alkanes) is 1. The summed E-state index contributed by atoms with van der Waals surface area (Å²) in [5.41, 5.74) is 3.98. The van der Waals surface area contributed by atoms with E-state index in [4.69, 9.17) is 37.3 Å². The van der Waals surface area contributed by atoms with E-state index in [9.17, 15) is 14.4 Å². The number of aryl methyl sites for hydroxylation is 1. The summed E-state index contributed by atoms with van der Waals surface area (Å²) in [5, 5.41) is 9.42. The van der Waals surface area contributed by atoms with Gasteiger partial charge in [-0.15, -0.1) is 5.10 Å². The molecule has 0 fully saturated rings. The third-order valence-electron chi connectivity index (χ3n) is 10.4. The molecule has 0 atom stereocenters. The number of esters is 1. The van der Waals surface area contributed by atoms with Gasteiger partial charge in [0.05, 0.1) is 68.7 Å². The Morgan fingerprint density at radius 3 is 2.26 bits per heavy atom. The van der Waals surface area contributed by atoms with Crippen LogP contribution in [0.2, 0.25) is 0 Å². The van der Waals surface area contributed by atoms with Crippen molar-refractivity contribution in [3.05, 3.63) is 171 Å². The first kappa shape index (κ1) is 44.1. The number of benzene rings is 5. The number of fused-ring (bicyclic) bond motifs is 2. The SMILES string of the molecule is COC(=O)c1cccc(COc2c(-c3ccc(OCCOCCOCCn4cc(CCCCOc5ccc6c(=O)cc(-c7ccccc7)oc6c5)nn4)cc3)oc3ccccc3c2=O)c1. The first-order chi connectivity index (χ1) is 31.9. The van der Waals surface area contributed by atoms with Gasteiger partial charge >= 0.3 is 5.97 Å². The van der Waals surface area contributed by atoms with Crippen LogP contribution in [-0.2, 0) is 33.8 Å². The molecule has 8 rings (SSSR count). The lowest BCUT2D eigenvalue weighted by atomic mass is 10.1. The number of hydrogen-bond donors (Lipinski definition) is 0. The minimum Gasteiger partial charge on any atom is -0.493 e. The molecule has 14 heteroatoms. The average molecular weight is 878 g/mol. The van der Waals surface area contributed by atoms with E-state index in [-0.39, 0.29) is 29.0 Å². The van der Waals surface area contributed by atoms with E-state index in [0.29, 0.717) is 102 Å². The number of carbonyl (C=O) groups is 1. The molecule has 0 aliphatic heterocycles. The van der Waals surface area contributed by atoms with Crippen LogP contribution < -0.4 is 25.1 Å². The predicted octanol–water partition coefficient (Wildman–Crippen LogP) is 8.70. The maximum absolute atomic E-state index is 13.6. The second-order valence-electron chi connectivity index (χ2n) is 14.9. The van der Waals surface area contributed by atoms with Gasteiger partial charge in [0.15, 0.2) is 11.2 Å². The molecule has 0 unspecified atom stereocenters. The second kappa shape index (κ2) is 21.7. The fourth-order valence-corrected chi connectivity index (χ4v) is 7.04. The van der Waals surface area contributed by atoms with Crippen molar-refractivity contribution in [2.45, 2.75) is 32.4 Å². The highest BCUT2D eigenvalue weighted by Gasteiger charge is 2.19. The lowest BCUT2D eigenvalue weighted by molar-refractivity contribution is 0.0333. The number of ether oxygens (including phenoxy) is 6. The zero-order chi connectivity index (χ0) is 44.8. The van der Waals surface area contributed by atoms with Crippen LogP contribution in [0.3, 0.4) is 0 Å². The topological polar surface area (TPSA) is 164 Å². The normalized spacial score (nSPS) is 11.2. The fraction of sp³-hybridized carbons (Fsp3) is 0.235. The molecule has 0 aliphatic rings. The zero-order valence-corrected chi connectivity index (χ0v) is 35.8. The van der Waals surface area contributed by atoms with Crippen LogP contribution in [0.4, 0.5) is 0 Å². The number of methoxy groups -OCH3 is 1. The number of rotatable bonds is 22. The Hall–Kier alpha value is -7.55. The molecule has 0 saturated heterocycles. The van der Waals surface area contributed by atoms with E-state index in [2.05, 4.69) is 10.3 Å². The molecule has 0 bridgehead atoms. The van der Waals surface area contributed by atoms with Crippen LogP contribution in [0.15, 0.2) is 152 Å². The molecule has 5 aromatic carbocycles. The summed E-state index contributed by atoms with van der Waals surface area (Å²) in [5.74, 6) is 1.68. The van der Waals surface area contributed by atoms with Crippen molar-refractivity contribution in [3.63, 3.8) is 0 Å². The monoisotopic (exact) mass is 877 g/mol. The predicted molar refractivity (Wildman–Crippen MR) is 244 cm³/mol. The minimum atomic E-state index is -0.462. The van der Waals surface area contributed by atoms with Crippen LogP contribution in [-0.4, -0.2) is 67.7 Å². The van der Waals surface area contributed by atoms with Gasteiger partial charge < -0.3 is 37.3 Å². The lowest BCUT2D eigenvalue weighted by Gasteiger charge is -2.13. The van der Waals surface area contributed by atoms with Crippen molar-refractivity contribution in [2.24, 2.45) is 0 Å². The molecule has 3 heterocycles. The Morgan fingerprint density at radius 2 is 1.42 bits per heavy atom. The maximum atomic E-state index is 13.6. The molecule has 14 nitrogen and oxygen atoms in total. The van der Waals surface area contributed by atoms with Crippen LogP contribution in [0, 0.1) is 0 Å². The fourth-order valence-electron chi connectivity index (χ4n) is 7.04. The molecule has 8 aromatic rings. The Bertz CT molecular complexity index is 2960. The number of hydrogen-bond acceptors (Lipinski definition) is 13. The molecule has 0 amide bonds. The maximum Gasteiger partial charge on any atom is 0.337 e. The van der Waals surface area contributed by atoms with Crippen molar-refractivity contribution in [2.75, 3.05) is 46.8 Å². The molecule has 332 valence electrons. The summed E-state index contributed by atoms with van der Waals surface area (Å²) >= 11 is 0. The molecule has 0 radical (unpaired) electrons. The molecular weight excluding hydrogens is 831 g/mol. The van der Waals surface area contributed by atoms with E-state index in [0.717, 1.165) is 30.5 Å². The van der Waals surface area contributed by atoms with Crippen molar-refractivity contribution < 1.29 is 42.1 Å². The average Bonchev–Trinajstić information content (AvgIpc) is 3.80.